The number of ketones is 1. The van der Waals surface area contributed by atoms with Crippen molar-refractivity contribution in [2.24, 2.45) is 0 Å². The van der Waals surface area contributed by atoms with Gasteiger partial charge < -0.3 is 9.52 Å². The molecule has 1 aliphatic rings. The first-order valence-electron chi connectivity index (χ1n) is 8.41. The number of hydrogen-bond acceptors (Lipinski definition) is 7. The van der Waals surface area contributed by atoms with Gasteiger partial charge in [0.05, 0.1) is 23.2 Å². The Balaban J connectivity index is 1.90. The SMILES string of the molecule is Cc1cc(O)c(C(=O)/C=C/c2c(C)nn([C@@H]3CCS(=O)(=O)C3)c2C)c(=O)o1. The zero-order chi connectivity index (χ0) is 19.9. The summed E-state index contributed by atoms with van der Waals surface area (Å²) in [6.07, 6.45) is 3.19. The molecule has 0 aromatic carbocycles. The van der Waals surface area contributed by atoms with Gasteiger partial charge in [0.15, 0.2) is 15.6 Å². The Morgan fingerprint density at radius 2 is 2.07 bits per heavy atom. The van der Waals surface area contributed by atoms with Gasteiger partial charge in [-0.25, -0.2) is 13.2 Å². The van der Waals surface area contributed by atoms with Crippen molar-refractivity contribution in [3.63, 3.8) is 0 Å². The highest BCUT2D eigenvalue weighted by molar-refractivity contribution is 7.91. The van der Waals surface area contributed by atoms with Crippen LogP contribution in [0.15, 0.2) is 21.4 Å². The van der Waals surface area contributed by atoms with Crippen LogP contribution >= 0.6 is 0 Å². The fourth-order valence-electron chi connectivity index (χ4n) is 3.31. The molecule has 0 saturated carbocycles. The minimum Gasteiger partial charge on any atom is -0.507 e. The van der Waals surface area contributed by atoms with E-state index in [2.05, 4.69) is 5.10 Å². The minimum atomic E-state index is -3.04. The van der Waals surface area contributed by atoms with Crippen molar-refractivity contribution < 1.29 is 22.7 Å². The zero-order valence-corrected chi connectivity index (χ0v) is 16.0. The third-order valence-electron chi connectivity index (χ3n) is 4.64. The first-order valence-corrected chi connectivity index (χ1v) is 10.2. The van der Waals surface area contributed by atoms with Gasteiger partial charge in [-0.15, -0.1) is 0 Å². The molecular weight excluding hydrogens is 372 g/mol. The van der Waals surface area contributed by atoms with Crippen molar-refractivity contribution in [1.29, 1.82) is 0 Å². The van der Waals surface area contributed by atoms with E-state index in [9.17, 15) is 23.1 Å². The summed E-state index contributed by atoms with van der Waals surface area (Å²) in [7, 11) is -3.04. The maximum atomic E-state index is 12.3. The van der Waals surface area contributed by atoms with E-state index in [0.29, 0.717) is 17.7 Å². The van der Waals surface area contributed by atoms with Gasteiger partial charge in [-0.1, -0.05) is 0 Å². The van der Waals surface area contributed by atoms with Gasteiger partial charge in [-0.05, 0) is 39.3 Å². The van der Waals surface area contributed by atoms with Gasteiger partial charge in [0, 0.05) is 17.3 Å². The van der Waals surface area contributed by atoms with Crippen LogP contribution in [-0.4, -0.2) is 40.6 Å². The van der Waals surface area contributed by atoms with Crippen LogP contribution < -0.4 is 5.63 Å². The molecule has 1 fully saturated rings. The molecule has 3 rings (SSSR count). The Morgan fingerprint density at radius 1 is 1.37 bits per heavy atom. The summed E-state index contributed by atoms with van der Waals surface area (Å²) < 4.78 is 30.0. The molecular formula is C18H20N2O6S. The summed E-state index contributed by atoms with van der Waals surface area (Å²) in [5, 5.41) is 14.3. The molecule has 3 heterocycles. The Labute approximate surface area is 156 Å². The normalized spacial score (nSPS) is 19.0. The molecule has 0 bridgehead atoms. The molecule has 0 unspecified atom stereocenters. The van der Waals surface area contributed by atoms with E-state index in [-0.39, 0.29) is 23.3 Å². The summed E-state index contributed by atoms with van der Waals surface area (Å²) >= 11 is 0. The van der Waals surface area contributed by atoms with Crippen LogP contribution in [0.2, 0.25) is 0 Å². The highest BCUT2D eigenvalue weighted by atomic mass is 32.2. The predicted molar refractivity (Wildman–Crippen MR) is 98.8 cm³/mol. The second-order valence-electron chi connectivity index (χ2n) is 6.69. The molecule has 0 aliphatic carbocycles. The van der Waals surface area contributed by atoms with E-state index in [1.807, 2.05) is 0 Å². The van der Waals surface area contributed by atoms with Crippen LogP contribution in [0.5, 0.6) is 5.75 Å². The summed E-state index contributed by atoms with van der Waals surface area (Å²) in [4.78, 5) is 24.2. The highest BCUT2D eigenvalue weighted by Gasteiger charge is 2.31. The molecule has 0 amide bonds. The monoisotopic (exact) mass is 392 g/mol. The van der Waals surface area contributed by atoms with Crippen molar-refractivity contribution in [2.45, 2.75) is 33.2 Å². The van der Waals surface area contributed by atoms with Gasteiger partial charge in [0.25, 0.3) is 0 Å². The number of nitrogens with zero attached hydrogens (tertiary/aromatic N) is 2. The summed E-state index contributed by atoms with van der Waals surface area (Å²) in [5.41, 5.74) is 0.715. The molecule has 8 nitrogen and oxygen atoms in total. The van der Waals surface area contributed by atoms with Crippen molar-refractivity contribution in [1.82, 2.24) is 9.78 Å². The quantitative estimate of drug-likeness (QED) is 0.621. The number of hydrogen-bond donors (Lipinski definition) is 1. The molecule has 27 heavy (non-hydrogen) atoms. The van der Waals surface area contributed by atoms with E-state index >= 15 is 0 Å². The van der Waals surface area contributed by atoms with Crippen LogP contribution in [0.4, 0.5) is 0 Å². The van der Waals surface area contributed by atoms with Gasteiger partial charge in [-0.3, -0.25) is 9.48 Å². The second kappa shape index (κ2) is 6.80. The van der Waals surface area contributed by atoms with Gasteiger partial charge in [0.2, 0.25) is 0 Å². The second-order valence-corrected chi connectivity index (χ2v) is 8.92. The number of aromatic hydroxyl groups is 1. The molecule has 1 saturated heterocycles. The summed E-state index contributed by atoms with van der Waals surface area (Å²) in [6, 6.07) is 0.983. The van der Waals surface area contributed by atoms with E-state index < -0.39 is 32.6 Å². The average molecular weight is 392 g/mol. The Hall–Kier alpha value is -2.68. The van der Waals surface area contributed by atoms with Crippen molar-refractivity contribution >= 4 is 21.7 Å². The number of carbonyl (C=O) groups is 1. The number of carbonyl (C=O) groups excluding carboxylic acids is 1. The molecule has 9 heteroatoms. The number of allylic oxidation sites excluding steroid dienone is 1. The lowest BCUT2D eigenvalue weighted by molar-refractivity contribution is 0.104. The number of aryl methyl sites for hydroxylation is 2. The topological polar surface area (TPSA) is 119 Å². The number of rotatable bonds is 4. The van der Waals surface area contributed by atoms with Gasteiger partial charge >= 0.3 is 5.63 Å². The Kier molecular flexibility index (Phi) is 4.81. The first kappa shape index (κ1) is 19.1. The van der Waals surface area contributed by atoms with Crippen molar-refractivity contribution in [3.8, 4) is 5.75 Å². The fraction of sp³-hybridized carbons (Fsp3) is 0.389. The van der Waals surface area contributed by atoms with Crippen LogP contribution in [-0.2, 0) is 9.84 Å². The molecule has 144 valence electrons. The van der Waals surface area contributed by atoms with E-state index in [1.165, 1.54) is 25.1 Å². The molecule has 0 spiro atoms. The number of sulfone groups is 1. The molecule has 0 radical (unpaired) electrons. The van der Waals surface area contributed by atoms with Gasteiger partial charge in [-0.2, -0.15) is 5.10 Å². The molecule has 2 aromatic heterocycles. The summed E-state index contributed by atoms with van der Waals surface area (Å²) in [5.74, 6) is -0.718. The van der Waals surface area contributed by atoms with E-state index in [4.69, 9.17) is 4.42 Å². The third kappa shape index (κ3) is 3.73. The fourth-order valence-corrected chi connectivity index (χ4v) is 5.00. The largest absolute Gasteiger partial charge is 0.507 e. The predicted octanol–water partition coefficient (Wildman–Crippen LogP) is 1.72. The Morgan fingerprint density at radius 3 is 2.67 bits per heavy atom. The zero-order valence-electron chi connectivity index (χ0n) is 15.2. The van der Waals surface area contributed by atoms with E-state index in [0.717, 1.165) is 5.69 Å². The van der Waals surface area contributed by atoms with Crippen molar-refractivity contribution in [2.75, 3.05) is 11.5 Å². The van der Waals surface area contributed by atoms with Crippen LogP contribution in [0.3, 0.4) is 0 Å². The smallest absolute Gasteiger partial charge is 0.351 e. The lowest BCUT2D eigenvalue weighted by Crippen LogP contribution is -2.14. The highest BCUT2D eigenvalue weighted by Crippen LogP contribution is 2.27. The van der Waals surface area contributed by atoms with E-state index in [1.54, 1.807) is 18.5 Å². The van der Waals surface area contributed by atoms with Crippen LogP contribution in [0.1, 0.15) is 45.5 Å². The maximum absolute atomic E-state index is 12.3. The maximum Gasteiger partial charge on any atom is 0.351 e. The lowest BCUT2D eigenvalue weighted by Gasteiger charge is -2.10. The molecule has 1 N–H and O–H groups in total. The molecule has 2 aromatic rings. The van der Waals surface area contributed by atoms with Crippen LogP contribution in [0.25, 0.3) is 6.08 Å². The standard InChI is InChI=1S/C18H20N2O6S/c1-10-8-16(22)17(18(23)26-10)15(21)5-4-14-11(2)19-20(12(14)3)13-6-7-27(24,25)9-13/h4-5,8,13,22H,6-7,9H2,1-3H3/b5-4+/t13-/m1/s1. The molecule has 1 atom stereocenters. The van der Waals surface area contributed by atoms with Gasteiger partial charge in [0.1, 0.15) is 17.1 Å². The average Bonchev–Trinajstić information content (AvgIpc) is 3.04. The minimum absolute atomic E-state index is 0.0509. The summed E-state index contributed by atoms with van der Waals surface area (Å²) in [6.45, 7) is 5.05. The first-order chi connectivity index (χ1) is 12.6. The molecule has 1 aliphatic heterocycles. The van der Waals surface area contributed by atoms with Crippen LogP contribution in [0, 0.1) is 20.8 Å². The Bertz CT molecular complexity index is 1110. The number of aromatic nitrogens is 2. The third-order valence-corrected chi connectivity index (χ3v) is 6.39. The van der Waals surface area contributed by atoms with Crippen molar-refractivity contribution in [3.05, 3.63) is 50.8 Å². The lowest BCUT2D eigenvalue weighted by atomic mass is 10.1.